The van der Waals surface area contributed by atoms with Crippen LogP contribution in [-0.2, 0) is 23.0 Å². The molecule has 140 valence electrons. The van der Waals surface area contributed by atoms with Crippen molar-refractivity contribution in [3.8, 4) is 0 Å². The zero-order valence-corrected chi connectivity index (χ0v) is 15.4. The van der Waals surface area contributed by atoms with Crippen molar-refractivity contribution in [3.05, 3.63) is 72.2 Å². The second kappa shape index (κ2) is 8.56. The van der Waals surface area contributed by atoms with E-state index < -0.39 is 10.0 Å². The lowest BCUT2D eigenvalue weighted by Crippen LogP contribution is -2.12. The van der Waals surface area contributed by atoms with Crippen LogP contribution in [0.2, 0.25) is 0 Å². The summed E-state index contributed by atoms with van der Waals surface area (Å²) in [5.41, 5.74) is 2.10. The number of rotatable bonds is 8. The van der Waals surface area contributed by atoms with Gasteiger partial charge in [-0.05, 0) is 47.9 Å². The highest BCUT2D eigenvalue weighted by atomic mass is 32.2. The number of benzene rings is 1. The maximum atomic E-state index is 11.3. The van der Waals surface area contributed by atoms with Crippen molar-refractivity contribution in [2.45, 2.75) is 17.9 Å². The standard InChI is InChI=1S/C18H20N6O2S/c19-27(25,26)16-3-1-14(2-4-16)7-11-21-18-22-12-8-17(24-18)23-13-15-5-9-20-10-6-15/h1-6,8-10,12H,7,11,13H2,(H2,19,25,26)(H2,21,22,23,24). The van der Waals surface area contributed by atoms with Crippen LogP contribution in [-0.4, -0.2) is 29.9 Å². The third-order valence-corrected chi connectivity index (χ3v) is 4.76. The summed E-state index contributed by atoms with van der Waals surface area (Å²) in [5, 5.41) is 11.5. The molecule has 2 heterocycles. The van der Waals surface area contributed by atoms with Crippen LogP contribution in [0.5, 0.6) is 0 Å². The molecule has 0 amide bonds. The Labute approximate surface area is 157 Å². The van der Waals surface area contributed by atoms with Crippen LogP contribution in [0, 0.1) is 0 Å². The van der Waals surface area contributed by atoms with E-state index in [0.717, 1.165) is 16.9 Å². The summed E-state index contributed by atoms with van der Waals surface area (Å²) in [6, 6.07) is 12.2. The van der Waals surface area contributed by atoms with Gasteiger partial charge in [-0.25, -0.2) is 18.5 Å². The molecule has 0 unspecified atom stereocenters. The predicted molar refractivity (Wildman–Crippen MR) is 104 cm³/mol. The van der Waals surface area contributed by atoms with Gasteiger partial charge in [-0.1, -0.05) is 12.1 Å². The first-order chi connectivity index (χ1) is 13.0. The van der Waals surface area contributed by atoms with E-state index >= 15 is 0 Å². The number of nitrogens with two attached hydrogens (primary N) is 1. The van der Waals surface area contributed by atoms with E-state index in [1.165, 1.54) is 12.1 Å². The summed E-state index contributed by atoms with van der Waals surface area (Å²) >= 11 is 0. The highest BCUT2D eigenvalue weighted by Crippen LogP contribution is 2.11. The molecule has 1 aromatic carbocycles. The topological polar surface area (TPSA) is 123 Å². The monoisotopic (exact) mass is 384 g/mol. The van der Waals surface area contributed by atoms with E-state index in [0.29, 0.717) is 25.5 Å². The van der Waals surface area contributed by atoms with Gasteiger partial charge in [0, 0.05) is 31.7 Å². The summed E-state index contributed by atoms with van der Waals surface area (Å²) in [7, 11) is -3.66. The third-order valence-electron chi connectivity index (χ3n) is 3.83. The van der Waals surface area contributed by atoms with Crippen molar-refractivity contribution < 1.29 is 8.42 Å². The Morgan fingerprint density at radius 3 is 2.33 bits per heavy atom. The van der Waals surface area contributed by atoms with Gasteiger partial charge in [0.25, 0.3) is 0 Å². The highest BCUT2D eigenvalue weighted by molar-refractivity contribution is 7.89. The Bertz CT molecular complexity index is 978. The zero-order chi connectivity index (χ0) is 19.1. The third kappa shape index (κ3) is 5.73. The molecule has 0 saturated carbocycles. The molecule has 27 heavy (non-hydrogen) atoms. The van der Waals surface area contributed by atoms with Crippen LogP contribution in [0.3, 0.4) is 0 Å². The van der Waals surface area contributed by atoms with Gasteiger partial charge in [-0.3, -0.25) is 4.98 Å². The summed E-state index contributed by atoms with van der Waals surface area (Å²) in [6.07, 6.45) is 5.88. The first-order valence-electron chi connectivity index (χ1n) is 8.32. The van der Waals surface area contributed by atoms with E-state index in [2.05, 4.69) is 25.6 Å². The van der Waals surface area contributed by atoms with E-state index in [1.54, 1.807) is 36.8 Å². The lowest BCUT2D eigenvalue weighted by Gasteiger charge is -2.09. The molecule has 0 bridgehead atoms. The molecule has 0 atom stereocenters. The van der Waals surface area contributed by atoms with Crippen LogP contribution in [0.1, 0.15) is 11.1 Å². The molecule has 0 aliphatic rings. The first kappa shape index (κ1) is 18.7. The molecule has 0 spiro atoms. The molecule has 0 aliphatic carbocycles. The minimum absolute atomic E-state index is 0.107. The molecule has 0 aliphatic heterocycles. The molecule has 2 aromatic heterocycles. The number of hydrogen-bond donors (Lipinski definition) is 3. The van der Waals surface area contributed by atoms with Crippen molar-refractivity contribution in [2.75, 3.05) is 17.2 Å². The van der Waals surface area contributed by atoms with E-state index in [9.17, 15) is 8.42 Å². The lowest BCUT2D eigenvalue weighted by molar-refractivity contribution is 0.598. The molecule has 3 aromatic rings. The van der Waals surface area contributed by atoms with Crippen molar-refractivity contribution in [3.63, 3.8) is 0 Å². The lowest BCUT2D eigenvalue weighted by atomic mass is 10.1. The number of primary sulfonamides is 1. The fourth-order valence-corrected chi connectivity index (χ4v) is 2.92. The summed E-state index contributed by atoms with van der Waals surface area (Å²) in [4.78, 5) is 12.7. The maximum Gasteiger partial charge on any atom is 0.238 e. The molecule has 0 fully saturated rings. The Balaban J connectivity index is 1.51. The van der Waals surface area contributed by atoms with Gasteiger partial charge < -0.3 is 10.6 Å². The minimum Gasteiger partial charge on any atom is -0.366 e. The molecule has 8 nitrogen and oxygen atoms in total. The van der Waals surface area contributed by atoms with Crippen LogP contribution in [0.25, 0.3) is 0 Å². The summed E-state index contributed by atoms with van der Waals surface area (Å²) in [5.74, 6) is 1.25. The average molecular weight is 384 g/mol. The van der Waals surface area contributed by atoms with E-state index in [4.69, 9.17) is 5.14 Å². The van der Waals surface area contributed by atoms with Gasteiger partial charge in [-0.2, -0.15) is 4.98 Å². The Morgan fingerprint density at radius 2 is 1.63 bits per heavy atom. The number of nitrogens with one attached hydrogen (secondary N) is 2. The predicted octanol–water partition coefficient (Wildman–Crippen LogP) is 1.79. The maximum absolute atomic E-state index is 11.3. The normalized spacial score (nSPS) is 11.1. The Hall–Kier alpha value is -3.04. The molecule has 4 N–H and O–H groups in total. The van der Waals surface area contributed by atoms with Crippen molar-refractivity contribution in [2.24, 2.45) is 5.14 Å². The van der Waals surface area contributed by atoms with Crippen LogP contribution >= 0.6 is 0 Å². The number of hydrogen-bond acceptors (Lipinski definition) is 7. The molecule has 9 heteroatoms. The van der Waals surface area contributed by atoms with Crippen LogP contribution in [0.4, 0.5) is 11.8 Å². The molecule has 3 rings (SSSR count). The fourth-order valence-electron chi connectivity index (χ4n) is 2.40. The van der Waals surface area contributed by atoms with Crippen molar-refractivity contribution in [1.82, 2.24) is 15.0 Å². The van der Waals surface area contributed by atoms with Gasteiger partial charge in [0.1, 0.15) is 5.82 Å². The van der Waals surface area contributed by atoms with Gasteiger partial charge in [0.2, 0.25) is 16.0 Å². The van der Waals surface area contributed by atoms with Crippen molar-refractivity contribution in [1.29, 1.82) is 0 Å². The van der Waals surface area contributed by atoms with Gasteiger partial charge in [0.05, 0.1) is 4.90 Å². The molecular formula is C18H20N6O2S. The van der Waals surface area contributed by atoms with Gasteiger partial charge >= 0.3 is 0 Å². The largest absolute Gasteiger partial charge is 0.366 e. The SMILES string of the molecule is NS(=O)(=O)c1ccc(CCNc2nccc(NCc3ccncc3)n2)cc1. The number of aromatic nitrogens is 3. The quantitative estimate of drug-likeness (QED) is 0.541. The number of nitrogens with zero attached hydrogens (tertiary/aromatic N) is 3. The Kier molecular flexibility index (Phi) is 5.94. The average Bonchev–Trinajstić information content (AvgIpc) is 2.67. The Morgan fingerprint density at radius 1 is 0.889 bits per heavy atom. The van der Waals surface area contributed by atoms with Crippen LogP contribution in [0.15, 0.2) is 66.0 Å². The van der Waals surface area contributed by atoms with Gasteiger partial charge in [-0.15, -0.1) is 0 Å². The molecule has 0 saturated heterocycles. The van der Waals surface area contributed by atoms with Gasteiger partial charge in [0.15, 0.2) is 0 Å². The zero-order valence-electron chi connectivity index (χ0n) is 14.5. The number of pyridine rings is 1. The second-order valence-corrected chi connectivity index (χ2v) is 7.40. The van der Waals surface area contributed by atoms with Crippen molar-refractivity contribution >= 4 is 21.8 Å². The first-order valence-corrected chi connectivity index (χ1v) is 9.87. The van der Waals surface area contributed by atoms with E-state index in [-0.39, 0.29) is 4.90 Å². The summed E-state index contributed by atoms with van der Waals surface area (Å²) < 4.78 is 22.5. The van der Waals surface area contributed by atoms with E-state index in [1.807, 2.05) is 12.1 Å². The molecule has 0 radical (unpaired) electrons. The number of anilines is 2. The smallest absolute Gasteiger partial charge is 0.238 e. The minimum atomic E-state index is -3.66. The second-order valence-electron chi connectivity index (χ2n) is 5.84. The molecular weight excluding hydrogens is 364 g/mol. The fraction of sp³-hybridized carbons (Fsp3) is 0.167. The van der Waals surface area contributed by atoms with Crippen LogP contribution < -0.4 is 15.8 Å². The summed E-state index contributed by atoms with van der Waals surface area (Å²) in [6.45, 7) is 1.26. The number of sulfonamides is 1. The highest BCUT2D eigenvalue weighted by Gasteiger charge is 2.06.